The zero-order valence-corrected chi connectivity index (χ0v) is 10.4. The van der Waals surface area contributed by atoms with Crippen LogP contribution in [-0.2, 0) is 0 Å². The van der Waals surface area contributed by atoms with Crippen LogP contribution in [0.4, 0.5) is 4.39 Å². The maximum atomic E-state index is 13.7. The standard InChI is InChI=1S/C14H15FN2O/c1-16-14(12-5-3-4-8-17-12)10-6-7-13(18-2)11(15)9-10/h3-9,14,16H,1-2H3. The third kappa shape index (κ3) is 2.49. The number of pyridine rings is 1. The summed E-state index contributed by atoms with van der Waals surface area (Å²) in [6.45, 7) is 0. The Labute approximate surface area is 106 Å². The van der Waals surface area contributed by atoms with Crippen LogP contribution in [-0.4, -0.2) is 19.1 Å². The molecule has 0 aliphatic carbocycles. The number of hydrogen-bond acceptors (Lipinski definition) is 3. The molecule has 2 rings (SSSR count). The maximum absolute atomic E-state index is 13.7. The van der Waals surface area contributed by atoms with Crippen molar-refractivity contribution in [3.05, 3.63) is 59.7 Å². The molecule has 3 nitrogen and oxygen atoms in total. The van der Waals surface area contributed by atoms with Crippen LogP contribution in [0.5, 0.6) is 5.75 Å². The van der Waals surface area contributed by atoms with Crippen LogP contribution >= 0.6 is 0 Å². The van der Waals surface area contributed by atoms with E-state index in [2.05, 4.69) is 10.3 Å². The summed E-state index contributed by atoms with van der Waals surface area (Å²) in [5.41, 5.74) is 1.67. The lowest BCUT2D eigenvalue weighted by molar-refractivity contribution is 0.386. The molecule has 1 aromatic carbocycles. The highest BCUT2D eigenvalue weighted by atomic mass is 19.1. The molecule has 18 heavy (non-hydrogen) atoms. The molecule has 1 N–H and O–H groups in total. The third-order valence-electron chi connectivity index (χ3n) is 2.78. The molecule has 2 aromatic rings. The molecule has 94 valence electrons. The molecule has 0 aliphatic heterocycles. The van der Waals surface area contributed by atoms with E-state index < -0.39 is 0 Å². The molecule has 0 amide bonds. The number of benzene rings is 1. The number of ether oxygens (including phenoxy) is 1. The minimum atomic E-state index is -0.369. The summed E-state index contributed by atoms with van der Waals surface area (Å²) in [7, 11) is 3.27. The van der Waals surface area contributed by atoms with E-state index in [4.69, 9.17) is 4.74 Å². The Morgan fingerprint density at radius 1 is 1.28 bits per heavy atom. The number of halogens is 1. The number of hydrogen-bond donors (Lipinski definition) is 1. The largest absolute Gasteiger partial charge is 0.494 e. The molecule has 4 heteroatoms. The van der Waals surface area contributed by atoms with Gasteiger partial charge in [0.2, 0.25) is 0 Å². The molecule has 0 saturated heterocycles. The van der Waals surface area contributed by atoms with Gasteiger partial charge in [0.1, 0.15) is 0 Å². The van der Waals surface area contributed by atoms with Crippen LogP contribution in [0.1, 0.15) is 17.3 Å². The first-order valence-corrected chi connectivity index (χ1v) is 5.68. The van der Waals surface area contributed by atoms with Crippen molar-refractivity contribution in [1.82, 2.24) is 10.3 Å². The lowest BCUT2D eigenvalue weighted by Gasteiger charge is -2.16. The number of nitrogens with zero attached hydrogens (tertiary/aromatic N) is 1. The Morgan fingerprint density at radius 3 is 2.67 bits per heavy atom. The van der Waals surface area contributed by atoms with E-state index in [0.717, 1.165) is 11.3 Å². The molecular weight excluding hydrogens is 231 g/mol. The van der Waals surface area contributed by atoms with Crippen molar-refractivity contribution in [3.8, 4) is 5.75 Å². The van der Waals surface area contributed by atoms with Crippen LogP contribution in [0, 0.1) is 5.82 Å². The van der Waals surface area contributed by atoms with Gasteiger partial charge in [-0.15, -0.1) is 0 Å². The van der Waals surface area contributed by atoms with E-state index in [0.29, 0.717) is 0 Å². The van der Waals surface area contributed by atoms with Gasteiger partial charge in [-0.2, -0.15) is 0 Å². The first-order valence-electron chi connectivity index (χ1n) is 5.68. The van der Waals surface area contributed by atoms with Gasteiger partial charge >= 0.3 is 0 Å². The van der Waals surface area contributed by atoms with Crippen molar-refractivity contribution in [3.63, 3.8) is 0 Å². The van der Waals surface area contributed by atoms with Gasteiger partial charge < -0.3 is 10.1 Å². The summed E-state index contributed by atoms with van der Waals surface area (Å²) in [5.74, 6) is -0.124. The smallest absolute Gasteiger partial charge is 0.165 e. The van der Waals surface area contributed by atoms with Crippen LogP contribution < -0.4 is 10.1 Å². The van der Waals surface area contributed by atoms with E-state index in [1.54, 1.807) is 12.3 Å². The number of aromatic nitrogens is 1. The van der Waals surface area contributed by atoms with Gasteiger partial charge in [-0.25, -0.2) is 4.39 Å². The van der Waals surface area contributed by atoms with Gasteiger partial charge in [0, 0.05) is 6.20 Å². The van der Waals surface area contributed by atoms with Gasteiger partial charge in [-0.1, -0.05) is 12.1 Å². The lowest BCUT2D eigenvalue weighted by atomic mass is 10.0. The van der Waals surface area contributed by atoms with Crippen molar-refractivity contribution in [1.29, 1.82) is 0 Å². The molecule has 0 fully saturated rings. The fraction of sp³-hybridized carbons (Fsp3) is 0.214. The van der Waals surface area contributed by atoms with Crippen molar-refractivity contribution < 1.29 is 9.13 Å². The zero-order valence-electron chi connectivity index (χ0n) is 10.4. The van der Waals surface area contributed by atoms with E-state index in [-0.39, 0.29) is 17.6 Å². The predicted octanol–water partition coefficient (Wildman–Crippen LogP) is 2.54. The molecule has 1 unspecified atom stereocenters. The summed E-state index contributed by atoms with van der Waals surface area (Å²) < 4.78 is 18.6. The maximum Gasteiger partial charge on any atom is 0.165 e. The minimum absolute atomic E-state index is 0.133. The summed E-state index contributed by atoms with van der Waals surface area (Å²) in [6.07, 6.45) is 1.72. The number of methoxy groups -OCH3 is 1. The quantitative estimate of drug-likeness (QED) is 0.900. The van der Waals surface area contributed by atoms with E-state index in [1.165, 1.54) is 13.2 Å². The summed E-state index contributed by atoms with van der Waals surface area (Å²) in [6, 6.07) is 10.5. The first kappa shape index (κ1) is 12.5. The monoisotopic (exact) mass is 246 g/mol. The second kappa shape index (κ2) is 5.60. The second-order valence-electron chi connectivity index (χ2n) is 3.87. The summed E-state index contributed by atoms with van der Waals surface area (Å²) >= 11 is 0. The van der Waals surface area contributed by atoms with Crippen LogP contribution in [0.25, 0.3) is 0 Å². The van der Waals surface area contributed by atoms with Crippen molar-refractivity contribution in [2.45, 2.75) is 6.04 Å². The summed E-state index contributed by atoms with van der Waals surface area (Å²) in [4.78, 5) is 4.28. The molecule has 1 atom stereocenters. The third-order valence-corrected chi connectivity index (χ3v) is 2.78. The zero-order chi connectivity index (χ0) is 13.0. The normalized spacial score (nSPS) is 12.2. The van der Waals surface area contributed by atoms with E-state index in [9.17, 15) is 4.39 Å². The van der Waals surface area contributed by atoms with Crippen molar-refractivity contribution in [2.75, 3.05) is 14.2 Å². The second-order valence-corrected chi connectivity index (χ2v) is 3.87. The first-order chi connectivity index (χ1) is 8.76. The Balaban J connectivity index is 2.37. The lowest BCUT2D eigenvalue weighted by Crippen LogP contribution is -2.18. The molecule has 0 bridgehead atoms. The molecule has 0 radical (unpaired) electrons. The molecule has 0 saturated carbocycles. The fourth-order valence-corrected chi connectivity index (χ4v) is 1.89. The fourth-order valence-electron chi connectivity index (χ4n) is 1.89. The Bertz CT molecular complexity index is 516. The highest BCUT2D eigenvalue weighted by molar-refractivity contribution is 5.34. The predicted molar refractivity (Wildman–Crippen MR) is 68.1 cm³/mol. The van der Waals surface area contributed by atoms with Gasteiger partial charge in [0.25, 0.3) is 0 Å². The number of nitrogens with one attached hydrogen (secondary N) is 1. The Kier molecular flexibility index (Phi) is 3.89. The van der Waals surface area contributed by atoms with Crippen LogP contribution in [0.2, 0.25) is 0 Å². The van der Waals surface area contributed by atoms with E-state index in [1.807, 2.05) is 31.3 Å². The van der Waals surface area contributed by atoms with Crippen molar-refractivity contribution in [2.24, 2.45) is 0 Å². The average Bonchev–Trinajstić information content (AvgIpc) is 2.41. The topological polar surface area (TPSA) is 34.1 Å². The SMILES string of the molecule is CNC(c1ccc(OC)c(F)c1)c1ccccn1. The van der Waals surface area contributed by atoms with Crippen LogP contribution in [0.15, 0.2) is 42.6 Å². The highest BCUT2D eigenvalue weighted by Crippen LogP contribution is 2.24. The number of rotatable bonds is 4. The summed E-state index contributed by atoms with van der Waals surface area (Å²) in [5, 5.41) is 3.13. The average molecular weight is 246 g/mol. The van der Waals surface area contributed by atoms with Crippen LogP contribution in [0.3, 0.4) is 0 Å². The van der Waals surface area contributed by atoms with E-state index >= 15 is 0 Å². The van der Waals surface area contributed by atoms with Gasteiger partial charge in [-0.05, 0) is 36.9 Å². The highest BCUT2D eigenvalue weighted by Gasteiger charge is 2.15. The molecule has 1 heterocycles. The molecule has 1 aromatic heterocycles. The Hall–Kier alpha value is -1.94. The molecular formula is C14H15FN2O. The molecule has 0 aliphatic rings. The van der Waals surface area contributed by atoms with Gasteiger partial charge in [0.05, 0.1) is 18.8 Å². The molecule has 0 spiro atoms. The minimum Gasteiger partial charge on any atom is -0.494 e. The van der Waals surface area contributed by atoms with Crippen molar-refractivity contribution >= 4 is 0 Å². The Morgan fingerprint density at radius 2 is 2.11 bits per heavy atom. The van der Waals surface area contributed by atoms with Gasteiger partial charge in [0.15, 0.2) is 11.6 Å². The van der Waals surface area contributed by atoms with Gasteiger partial charge in [-0.3, -0.25) is 4.98 Å².